The number of benzene rings is 2. The van der Waals surface area contributed by atoms with Crippen LogP contribution in [0.3, 0.4) is 0 Å². The largest absolute Gasteiger partial charge is 0.484 e. The number of carbonyl (C=O) groups is 3. The van der Waals surface area contributed by atoms with E-state index < -0.39 is 11.8 Å². The van der Waals surface area contributed by atoms with Gasteiger partial charge in [-0.3, -0.25) is 25.2 Å². The highest BCUT2D eigenvalue weighted by molar-refractivity contribution is 5.93. The molecular weight excluding hydrogens is 346 g/mol. The standard InChI is InChI=1S/C20H23N3O4/c1-2-15-7-6-10-17(13-15)27-14-20(26)23-22-19(25)12-11-18(24)21-16-8-4-3-5-9-16/h3-10,13H,2,11-12,14H2,1H3,(H,21,24)(H,22,25)(H,23,26). The van der Waals surface area contributed by atoms with Crippen molar-refractivity contribution in [3.8, 4) is 5.75 Å². The maximum absolute atomic E-state index is 11.8. The minimum absolute atomic E-state index is 0.0108. The van der Waals surface area contributed by atoms with Crippen molar-refractivity contribution in [1.82, 2.24) is 10.9 Å². The lowest BCUT2D eigenvalue weighted by molar-refractivity contribution is -0.130. The Morgan fingerprint density at radius 2 is 1.56 bits per heavy atom. The van der Waals surface area contributed by atoms with Crippen molar-refractivity contribution in [3.05, 3.63) is 60.2 Å². The molecule has 0 unspecified atom stereocenters. The average Bonchev–Trinajstić information content (AvgIpc) is 2.70. The number of para-hydroxylation sites is 1. The van der Waals surface area contributed by atoms with Gasteiger partial charge < -0.3 is 10.1 Å². The van der Waals surface area contributed by atoms with Crippen molar-refractivity contribution in [2.75, 3.05) is 11.9 Å². The number of ether oxygens (including phenoxy) is 1. The first kappa shape index (κ1) is 20.0. The van der Waals surface area contributed by atoms with Crippen LogP contribution in [0.15, 0.2) is 54.6 Å². The molecule has 3 N–H and O–H groups in total. The van der Waals surface area contributed by atoms with Crippen molar-refractivity contribution >= 4 is 23.4 Å². The van der Waals surface area contributed by atoms with Gasteiger partial charge in [0.25, 0.3) is 5.91 Å². The van der Waals surface area contributed by atoms with Crippen molar-refractivity contribution in [2.45, 2.75) is 26.2 Å². The van der Waals surface area contributed by atoms with Gasteiger partial charge in [-0.2, -0.15) is 0 Å². The fourth-order valence-electron chi connectivity index (χ4n) is 2.21. The number of anilines is 1. The Hall–Kier alpha value is -3.35. The molecular formula is C20H23N3O4. The van der Waals surface area contributed by atoms with Crippen molar-refractivity contribution in [1.29, 1.82) is 0 Å². The third-order valence-corrected chi connectivity index (χ3v) is 3.65. The van der Waals surface area contributed by atoms with Gasteiger partial charge in [0.1, 0.15) is 5.75 Å². The van der Waals surface area contributed by atoms with Gasteiger partial charge in [0, 0.05) is 18.5 Å². The van der Waals surface area contributed by atoms with E-state index in [1.807, 2.05) is 31.2 Å². The van der Waals surface area contributed by atoms with Gasteiger partial charge in [0.15, 0.2) is 6.61 Å². The smallest absolute Gasteiger partial charge is 0.276 e. The van der Waals surface area contributed by atoms with E-state index in [2.05, 4.69) is 16.2 Å². The fourth-order valence-corrected chi connectivity index (χ4v) is 2.21. The van der Waals surface area contributed by atoms with Crippen LogP contribution in [0.1, 0.15) is 25.3 Å². The summed E-state index contributed by atoms with van der Waals surface area (Å²) in [7, 11) is 0. The lowest BCUT2D eigenvalue weighted by Crippen LogP contribution is -2.44. The zero-order chi connectivity index (χ0) is 19.5. The summed E-state index contributed by atoms with van der Waals surface area (Å²) >= 11 is 0. The summed E-state index contributed by atoms with van der Waals surface area (Å²) in [6.45, 7) is 1.81. The molecule has 3 amide bonds. The van der Waals surface area contributed by atoms with Crippen LogP contribution in [0, 0.1) is 0 Å². The van der Waals surface area contributed by atoms with Crippen LogP contribution in [-0.2, 0) is 20.8 Å². The molecule has 2 aromatic carbocycles. The van der Waals surface area contributed by atoms with Crippen molar-refractivity contribution < 1.29 is 19.1 Å². The van der Waals surface area contributed by atoms with Gasteiger partial charge >= 0.3 is 0 Å². The Morgan fingerprint density at radius 1 is 0.852 bits per heavy atom. The SMILES string of the molecule is CCc1cccc(OCC(=O)NNC(=O)CCC(=O)Nc2ccccc2)c1. The molecule has 27 heavy (non-hydrogen) atoms. The highest BCUT2D eigenvalue weighted by Gasteiger charge is 2.09. The molecule has 2 rings (SSSR count). The number of carbonyl (C=O) groups excluding carboxylic acids is 3. The molecule has 142 valence electrons. The summed E-state index contributed by atoms with van der Waals surface area (Å²) in [5.74, 6) is -0.631. The highest BCUT2D eigenvalue weighted by atomic mass is 16.5. The third kappa shape index (κ3) is 7.60. The van der Waals surface area contributed by atoms with Crippen LogP contribution < -0.4 is 20.9 Å². The number of rotatable bonds is 8. The first-order valence-corrected chi connectivity index (χ1v) is 8.71. The van der Waals surface area contributed by atoms with Gasteiger partial charge in [-0.25, -0.2) is 0 Å². The Kier molecular flexibility index (Phi) is 7.84. The highest BCUT2D eigenvalue weighted by Crippen LogP contribution is 2.13. The number of hydrogen-bond acceptors (Lipinski definition) is 4. The maximum Gasteiger partial charge on any atom is 0.276 e. The molecule has 0 aromatic heterocycles. The Bertz CT molecular complexity index is 778. The Labute approximate surface area is 158 Å². The lowest BCUT2D eigenvalue weighted by atomic mass is 10.2. The summed E-state index contributed by atoms with van der Waals surface area (Å²) in [4.78, 5) is 35.2. The number of aryl methyl sites for hydroxylation is 1. The van der Waals surface area contributed by atoms with E-state index in [-0.39, 0.29) is 25.4 Å². The summed E-state index contributed by atoms with van der Waals surface area (Å²) < 4.78 is 5.38. The second kappa shape index (κ2) is 10.6. The predicted molar refractivity (Wildman–Crippen MR) is 102 cm³/mol. The predicted octanol–water partition coefficient (Wildman–Crippen LogP) is 2.19. The molecule has 0 saturated carbocycles. The maximum atomic E-state index is 11.8. The van der Waals surface area contributed by atoms with E-state index >= 15 is 0 Å². The molecule has 0 radical (unpaired) electrons. The molecule has 2 aromatic rings. The normalized spacial score (nSPS) is 9.96. The zero-order valence-corrected chi connectivity index (χ0v) is 15.2. The van der Waals surface area contributed by atoms with Crippen LogP contribution in [0.2, 0.25) is 0 Å². The zero-order valence-electron chi connectivity index (χ0n) is 15.2. The van der Waals surface area contributed by atoms with Gasteiger partial charge in [-0.05, 0) is 36.2 Å². The quantitative estimate of drug-likeness (QED) is 0.622. The van der Waals surface area contributed by atoms with Crippen LogP contribution in [0.4, 0.5) is 5.69 Å². The lowest BCUT2D eigenvalue weighted by Gasteiger charge is -2.09. The Balaban J connectivity index is 1.63. The van der Waals surface area contributed by atoms with E-state index in [0.717, 1.165) is 12.0 Å². The molecule has 7 nitrogen and oxygen atoms in total. The van der Waals surface area contributed by atoms with Crippen LogP contribution in [0.5, 0.6) is 5.75 Å². The molecule has 7 heteroatoms. The number of amides is 3. The molecule has 0 aliphatic carbocycles. The topological polar surface area (TPSA) is 96.5 Å². The van der Waals surface area contributed by atoms with E-state index in [1.165, 1.54) is 0 Å². The Morgan fingerprint density at radius 3 is 2.30 bits per heavy atom. The van der Waals surface area contributed by atoms with Crippen LogP contribution in [0.25, 0.3) is 0 Å². The molecule has 0 heterocycles. The second-order valence-electron chi connectivity index (χ2n) is 5.80. The number of nitrogens with one attached hydrogen (secondary N) is 3. The first-order chi connectivity index (χ1) is 13.1. The number of hydrogen-bond donors (Lipinski definition) is 3. The molecule has 0 aliphatic rings. The average molecular weight is 369 g/mol. The van der Waals surface area contributed by atoms with Gasteiger partial charge in [0.05, 0.1) is 0 Å². The van der Waals surface area contributed by atoms with E-state index in [4.69, 9.17) is 4.74 Å². The summed E-state index contributed by atoms with van der Waals surface area (Å²) in [6.07, 6.45) is 0.840. The molecule has 0 spiro atoms. The molecule has 0 fully saturated rings. The monoisotopic (exact) mass is 369 g/mol. The minimum atomic E-state index is -0.487. The number of hydrazine groups is 1. The van der Waals surface area contributed by atoms with Crippen molar-refractivity contribution in [2.24, 2.45) is 0 Å². The van der Waals surface area contributed by atoms with Gasteiger partial charge in [-0.15, -0.1) is 0 Å². The van der Waals surface area contributed by atoms with Gasteiger partial charge in [-0.1, -0.05) is 37.3 Å². The van der Waals surface area contributed by atoms with Crippen molar-refractivity contribution in [3.63, 3.8) is 0 Å². The summed E-state index contributed by atoms with van der Waals surface area (Å²) in [6, 6.07) is 16.4. The van der Waals surface area contributed by atoms with Crippen LogP contribution in [-0.4, -0.2) is 24.3 Å². The van der Waals surface area contributed by atoms with E-state index in [1.54, 1.807) is 30.3 Å². The molecule has 0 bridgehead atoms. The fraction of sp³-hybridized carbons (Fsp3) is 0.250. The summed E-state index contributed by atoms with van der Waals surface area (Å²) in [5.41, 5.74) is 6.30. The second-order valence-corrected chi connectivity index (χ2v) is 5.80. The molecule has 0 aliphatic heterocycles. The van der Waals surface area contributed by atoms with Gasteiger partial charge in [0.2, 0.25) is 11.8 Å². The first-order valence-electron chi connectivity index (χ1n) is 8.71. The van der Waals surface area contributed by atoms with Crippen LogP contribution >= 0.6 is 0 Å². The molecule has 0 saturated heterocycles. The summed E-state index contributed by atoms with van der Waals surface area (Å²) in [5, 5.41) is 2.68. The molecule has 0 atom stereocenters. The minimum Gasteiger partial charge on any atom is -0.484 e. The van der Waals surface area contributed by atoms with E-state index in [9.17, 15) is 14.4 Å². The third-order valence-electron chi connectivity index (χ3n) is 3.65. The van der Waals surface area contributed by atoms with E-state index in [0.29, 0.717) is 11.4 Å².